The second-order valence-electron chi connectivity index (χ2n) is 2.71. The number of nitrogens with zero attached hydrogens (tertiary/aromatic N) is 1. The zero-order valence-electron chi connectivity index (χ0n) is 6.90. The zero-order valence-corrected chi connectivity index (χ0v) is 8.49. The fourth-order valence-corrected chi connectivity index (χ4v) is 1.52. The highest BCUT2D eigenvalue weighted by atomic mass is 79.9. The van der Waals surface area contributed by atoms with E-state index in [1.807, 2.05) is 12.1 Å². The Hall–Kier alpha value is -1.09. The Morgan fingerprint density at radius 2 is 2.31 bits per heavy atom. The summed E-state index contributed by atoms with van der Waals surface area (Å²) in [6, 6.07) is 8.19. The molecular weight excluding hydrogens is 230 g/mol. The van der Waals surface area contributed by atoms with Crippen LogP contribution in [0.2, 0.25) is 0 Å². The maximum Gasteiger partial charge on any atom is 0.181 e. The first-order valence-corrected chi connectivity index (χ1v) is 5.06. The maximum absolute atomic E-state index is 4.92. The van der Waals surface area contributed by atoms with E-state index < -0.39 is 0 Å². The van der Waals surface area contributed by atoms with Gasteiger partial charge < -0.3 is 4.42 Å². The summed E-state index contributed by atoms with van der Waals surface area (Å²) in [6.45, 7) is 0. The molecule has 0 aliphatic carbocycles. The van der Waals surface area contributed by atoms with Gasteiger partial charge in [-0.25, -0.2) is 4.98 Å². The minimum absolute atomic E-state index is 0.860. The van der Waals surface area contributed by atoms with Gasteiger partial charge >= 0.3 is 0 Å². The van der Waals surface area contributed by atoms with Crippen LogP contribution in [-0.4, -0.2) is 4.98 Å². The minimum Gasteiger partial charge on any atom is -0.451 e. The number of benzene rings is 1. The lowest BCUT2D eigenvalue weighted by Crippen LogP contribution is -1.80. The van der Waals surface area contributed by atoms with Crippen molar-refractivity contribution in [1.82, 2.24) is 4.98 Å². The zero-order chi connectivity index (χ0) is 9.10. The van der Waals surface area contributed by atoms with Crippen LogP contribution in [0.25, 0.3) is 11.3 Å². The molecule has 0 aliphatic heterocycles. The van der Waals surface area contributed by atoms with Gasteiger partial charge in [0.1, 0.15) is 12.0 Å². The maximum atomic E-state index is 4.92. The van der Waals surface area contributed by atoms with E-state index in [4.69, 9.17) is 4.42 Å². The molecule has 0 saturated heterocycles. The van der Waals surface area contributed by atoms with Gasteiger partial charge in [0.15, 0.2) is 6.39 Å². The molecular formula is C10H8BrNO. The summed E-state index contributed by atoms with van der Waals surface area (Å²) in [5, 5.41) is 0.860. The summed E-state index contributed by atoms with van der Waals surface area (Å²) in [5.74, 6) is 0. The first-order chi connectivity index (χ1) is 6.40. The summed E-state index contributed by atoms with van der Waals surface area (Å²) in [5.41, 5.74) is 3.20. The minimum atomic E-state index is 0.860. The van der Waals surface area contributed by atoms with Crippen molar-refractivity contribution >= 4 is 15.9 Å². The van der Waals surface area contributed by atoms with Crippen LogP contribution in [0, 0.1) is 0 Å². The molecule has 0 N–H and O–H groups in total. The lowest BCUT2D eigenvalue weighted by Gasteiger charge is -1.98. The summed E-state index contributed by atoms with van der Waals surface area (Å²) < 4.78 is 4.92. The fourth-order valence-electron chi connectivity index (χ4n) is 1.17. The molecule has 0 radical (unpaired) electrons. The lowest BCUT2D eigenvalue weighted by atomic mass is 10.1. The summed E-state index contributed by atoms with van der Waals surface area (Å²) >= 11 is 3.41. The smallest absolute Gasteiger partial charge is 0.181 e. The van der Waals surface area contributed by atoms with Gasteiger partial charge in [0.05, 0.1) is 0 Å². The van der Waals surface area contributed by atoms with Crippen LogP contribution < -0.4 is 0 Å². The lowest BCUT2D eigenvalue weighted by molar-refractivity contribution is 0.558. The van der Waals surface area contributed by atoms with Gasteiger partial charge in [-0.2, -0.15) is 0 Å². The van der Waals surface area contributed by atoms with Crippen molar-refractivity contribution in [2.75, 3.05) is 0 Å². The summed E-state index contributed by atoms with van der Waals surface area (Å²) in [4.78, 5) is 4.08. The van der Waals surface area contributed by atoms with E-state index in [-0.39, 0.29) is 0 Å². The molecule has 2 rings (SSSR count). The fraction of sp³-hybridized carbons (Fsp3) is 0.100. The van der Waals surface area contributed by atoms with E-state index in [1.165, 1.54) is 12.0 Å². The Labute approximate surface area is 84.7 Å². The van der Waals surface area contributed by atoms with Crippen LogP contribution >= 0.6 is 15.9 Å². The van der Waals surface area contributed by atoms with E-state index in [2.05, 4.69) is 33.0 Å². The number of hydrogen-bond acceptors (Lipinski definition) is 2. The highest BCUT2D eigenvalue weighted by molar-refractivity contribution is 9.08. The molecule has 0 bridgehead atoms. The van der Waals surface area contributed by atoms with Crippen LogP contribution in [0.1, 0.15) is 5.56 Å². The molecule has 0 spiro atoms. The van der Waals surface area contributed by atoms with Crippen LogP contribution in [-0.2, 0) is 5.33 Å². The van der Waals surface area contributed by atoms with Gasteiger partial charge in [-0.1, -0.05) is 34.1 Å². The predicted molar refractivity (Wildman–Crippen MR) is 54.6 cm³/mol. The van der Waals surface area contributed by atoms with Gasteiger partial charge in [-0.15, -0.1) is 0 Å². The van der Waals surface area contributed by atoms with Crippen molar-refractivity contribution in [2.45, 2.75) is 5.33 Å². The van der Waals surface area contributed by atoms with Crippen LogP contribution in [0.5, 0.6) is 0 Å². The molecule has 2 aromatic rings. The average molecular weight is 238 g/mol. The van der Waals surface area contributed by atoms with E-state index in [9.17, 15) is 0 Å². The van der Waals surface area contributed by atoms with Crippen molar-refractivity contribution in [3.05, 3.63) is 42.5 Å². The molecule has 1 heterocycles. The molecule has 1 aromatic carbocycles. The number of aromatic nitrogens is 1. The number of alkyl halides is 1. The monoisotopic (exact) mass is 237 g/mol. The number of halogens is 1. The van der Waals surface area contributed by atoms with E-state index in [1.54, 1.807) is 6.26 Å². The Kier molecular flexibility index (Phi) is 2.45. The van der Waals surface area contributed by atoms with Crippen LogP contribution in [0.3, 0.4) is 0 Å². The van der Waals surface area contributed by atoms with E-state index >= 15 is 0 Å². The second-order valence-corrected chi connectivity index (χ2v) is 3.27. The summed E-state index contributed by atoms with van der Waals surface area (Å²) in [7, 11) is 0. The van der Waals surface area contributed by atoms with Gasteiger partial charge in [-0.05, 0) is 11.6 Å². The SMILES string of the molecule is BrCc1cccc(-c2cocn2)c1. The van der Waals surface area contributed by atoms with Crippen molar-refractivity contribution in [2.24, 2.45) is 0 Å². The van der Waals surface area contributed by atoms with Gasteiger partial charge in [0, 0.05) is 10.9 Å². The number of hydrogen-bond donors (Lipinski definition) is 0. The van der Waals surface area contributed by atoms with Gasteiger partial charge in [-0.3, -0.25) is 0 Å². The number of rotatable bonds is 2. The molecule has 0 unspecified atom stereocenters. The first kappa shape index (κ1) is 8.51. The third kappa shape index (κ3) is 1.80. The molecule has 0 fully saturated rings. The molecule has 13 heavy (non-hydrogen) atoms. The Morgan fingerprint density at radius 1 is 1.38 bits per heavy atom. The van der Waals surface area contributed by atoms with Crippen LogP contribution in [0.15, 0.2) is 41.3 Å². The van der Waals surface area contributed by atoms with Crippen molar-refractivity contribution in [1.29, 1.82) is 0 Å². The van der Waals surface area contributed by atoms with Crippen molar-refractivity contribution in [3.63, 3.8) is 0 Å². The number of oxazole rings is 1. The molecule has 1 aromatic heterocycles. The molecule has 66 valence electrons. The molecule has 0 amide bonds. The van der Waals surface area contributed by atoms with E-state index in [0.29, 0.717) is 0 Å². The predicted octanol–water partition coefficient (Wildman–Crippen LogP) is 3.24. The largest absolute Gasteiger partial charge is 0.451 e. The topological polar surface area (TPSA) is 26.0 Å². The Bertz CT molecular complexity index is 384. The highest BCUT2D eigenvalue weighted by Crippen LogP contribution is 2.19. The van der Waals surface area contributed by atoms with Gasteiger partial charge in [0.25, 0.3) is 0 Å². The third-order valence-electron chi connectivity index (χ3n) is 1.81. The van der Waals surface area contributed by atoms with E-state index in [0.717, 1.165) is 16.6 Å². The molecule has 2 nitrogen and oxygen atoms in total. The normalized spacial score (nSPS) is 10.2. The summed E-state index contributed by atoms with van der Waals surface area (Å²) in [6.07, 6.45) is 3.09. The molecule has 0 atom stereocenters. The van der Waals surface area contributed by atoms with Crippen LogP contribution in [0.4, 0.5) is 0 Å². The second kappa shape index (κ2) is 3.75. The van der Waals surface area contributed by atoms with Gasteiger partial charge in [0.2, 0.25) is 0 Å². The molecule has 3 heteroatoms. The molecule has 0 saturated carbocycles. The average Bonchev–Trinajstić information content (AvgIpc) is 2.71. The quantitative estimate of drug-likeness (QED) is 0.750. The highest BCUT2D eigenvalue weighted by Gasteiger charge is 2.00. The Balaban J connectivity index is 2.41. The van der Waals surface area contributed by atoms with Crippen molar-refractivity contribution in [3.8, 4) is 11.3 Å². The van der Waals surface area contributed by atoms with Crippen molar-refractivity contribution < 1.29 is 4.42 Å². The third-order valence-corrected chi connectivity index (χ3v) is 2.46. The first-order valence-electron chi connectivity index (χ1n) is 3.93. The standard InChI is InChI=1S/C10H8BrNO/c11-5-8-2-1-3-9(4-8)10-6-13-7-12-10/h1-4,6-7H,5H2. The molecule has 0 aliphatic rings. The Morgan fingerprint density at radius 3 is 3.00 bits per heavy atom.